The summed E-state index contributed by atoms with van der Waals surface area (Å²) in [4.78, 5) is 11.3. The molecule has 1 fully saturated rings. The maximum atomic E-state index is 5.93. The van der Waals surface area contributed by atoms with Crippen LogP contribution in [0.2, 0.25) is 0 Å². The Morgan fingerprint density at radius 1 is 1.38 bits per heavy atom. The molecule has 4 heteroatoms. The molecule has 2 rings (SSSR count). The van der Waals surface area contributed by atoms with E-state index in [0.29, 0.717) is 5.92 Å². The molecule has 0 bridgehead atoms. The Labute approximate surface area is 102 Å². The van der Waals surface area contributed by atoms with Gasteiger partial charge in [-0.2, -0.15) is 0 Å². The van der Waals surface area contributed by atoms with Gasteiger partial charge in [-0.1, -0.05) is 0 Å². The summed E-state index contributed by atoms with van der Waals surface area (Å²) < 4.78 is 0. The van der Waals surface area contributed by atoms with E-state index in [9.17, 15) is 0 Å². The first kappa shape index (κ1) is 11.6. The molecular weight excluding hydrogens is 222 g/mol. The van der Waals surface area contributed by atoms with Crippen LogP contribution in [0.25, 0.3) is 0 Å². The van der Waals surface area contributed by atoms with E-state index in [-0.39, 0.29) is 0 Å². The van der Waals surface area contributed by atoms with Gasteiger partial charge in [0.05, 0.1) is 0 Å². The predicted octanol–water partition coefficient (Wildman–Crippen LogP) is 2.55. The highest BCUT2D eigenvalue weighted by atomic mass is 35.5. The standard InChI is InChI=1S/C12H18ClN3/c1-9-6-10(2)15-12(14-9)16-5-3-4-11(7-13)8-16/h6,11H,3-5,7-8H2,1-2H3. The van der Waals surface area contributed by atoms with Gasteiger partial charge in [0.25, 0.3) is 0 Å². The molecule has 1 aliphatic rings. The van der Waals surface area contributed by atoms with Crippen LogP contribution in [-0.2, 0) is 0 Å². The van der Waals surface area contributed by atoms with Gasteiger partial charge in [0.15, 0.2) is 0 Å². The quantitative estimate of drug-likeness (QED) is 0.743. The smallest absolute Gasteiger partial charge is 0.225 e. The fourth-order valence-electron chi connectivity index (χ4n) is 2.22. The Morgan fingerprint density at radius 2 is 2.06 bits per heavy atom. The van der Waals surface area contributed by atoms with Crippen LogP contribution in [0.5, 0.6) is 0 Å². The Balaban J connectivity index is 2.16. The molecule has 1 saturated heterocycles. The fourth-order valence-corrected chi connectivity index (χ4v) is 2.47. The van der Waals surface area contributed by atoms with Crippen LogP contribution in [0.15, 0.2) is 6.07 Å². The SMILES string of the molecule is Cc1cc(C)nc(N2CCCC(CCl)C2)n1. The highest BCUT2D eigenvalue weighted by molar-refractivity contribution is 6.18. The second-order valence-corrected chi connectivity index (χ2v) is 4.87. The third-order valence-corrected chi connectivity index (χ3v) is 3.43. The third kappa shape index (κ3) is 2.64. The molecule has 16 heavy (non-hydrogen) atoms. The molecule has 1 aromatic rings. The maximum Gasteiger partial charge on any atom is 0.225 e. The lowest BCUT2D eigenvalue weighted by Crippen LogP contribution is -2.37. The first-order chi connectivity index (χ1) is 7.69. The third-order valence-electron chi connectivity index (χ3n) is 2.99. The molecule has 0 aliphatic carbocycles. The van der Waals surface area contributed by atoms with Crippen molar-refractivity contribution in [2.45, 2.75) is 26.7 Å². The number of piperidine rings is 1. The second-order valence-electron chi connectivity index (χ2n) is 4.56. The van der Waals surface area contributed by atoms with Crippen LogP contribution in [0.4, 0.5) is 5.95 Å². The Morgan fingerprint density at radius 3 is 2.69 bits per heavy atom. The van der Waals surface area contributed by atoms with E-state index >= 15 is 0 Å². The first-order valence-corrected chi connectivity index (χ1v) is 6.35. The van der Waals surface area contributed by atoms with Gasteiger partial charge in [-0.15, -0.1) is 11.6 Å². The number of hydrogen-bond donors (Lipinski definition) is 0. The molecule has 2 heterocycles. The van der Waals surface area contributed by atoms with Gasteiger partial charge >= 0.3 is 0 Å². The molecule has 1 aliphatic heterocycles. The first-order valence-electron chi connectivity index (χ1n) is 5.82. The molecule has 1 atom stereocenters. The average Bonchev–Trinajstić information content (AvgIpc) is 2.28. The van der Waals surface area contributed by atoms with Crippen LogP contribution < -0.4 is 4.90 Å². The summed E-state index contributed by atoms with van der Waals surface area (Å²) in [7, 11) is 0. The second kappa shape index (κ2) is 5.00. The number of anilines is 1. The van der Waals surface area contributed by atoms with Crippen LogP contribution in [0.1, 0.15) is 24.2 Å². The van der Waals surface area contributed by atoms with Crippen molar-refractivity contribution < 1.29 is 0 Å². The normalized spacial score (nSPS) is 21.2. The number of alkyl halides is 1. The van der Waals surface area contributed by atoms with Gasteiger partial charge in [0, 0.05) is 30.4 Å². The summed E-state index contributed by atoms with van der Waals surface area (Å²) in [6.07, 6.45) is 2.42. The number of aryl methyl sites for hydroxylation is 2. The molecule has 0 spiro atoms. The summed E-state index contributed by atoms with van der Waals surface area (Å²) in [5.74, 6) is 2.19. The average molecular weight is 240 g/mol. The summed E-state index contributed by atoms with van der Waals surface area (Å²) >= 11 is 5.93. The molecular formula is C12H18ClN3. The molecule has 0 N–H and O–H groups in total. The lowest BCUT2D eigenvalue weighted by molar-refractivity contribution is 0.445. The molecule has 0 amide bonds. The Hall–Kier alpha value is -0.830. The molecule has 3 nitrogen and oxygen atoms in total. The number of rotatable bonds is 2. The van der Waals surface area contributed by atoms with Gasteiger partial charge in [-0.05, 0) is 38.7 Å². The highest BCUT2D eigenvalue weighted by Crippen LogP contribution is 2.21. The number of halogens is 1. The largest absolute Gasteiger partial charge is 0.340 e. The Bertz CT molecular complexity index is 347. The van der Waals surface area contributed by atoms with Crippen molar-refractivity contribution in [1.29, 1.82) is 0 Å². The monoisotopic (exact) mass is 239 g/mol. The van der Waals surface area contributed by atoms with Crippen molar-refractivity contribution >= 4 is 17.5 Å². The van der Waals surface area contributed by atoms with Crippen molar-refractivity contribution in [2.24, 2.45) is 5.92 Å². The number of nitrogens with zero attached hydrogens (tertiary/aromatic N) is 3. The van der Waals surface area contributed by atoms with Gasteiger partial charge in [-0.3, -0.25) is 0 Å². The van der Waals surface area contributed by atoms with Crippen molar-refractivity contribution in [2.75, 3.05) is 23.9 Å². The summed E-state index contributed by atoms with van der Waals surface area (Å²) in [5, 5.41) is 0. The predicted molar refractivity (Wildman–Crippen MR) is 67.2 cm³/mol. The lowest BCUT2D eigenvalue weighted by atomic mass is 10.0. The van der Waals surface area contributed by atoms with E-state index in [1.165, 1.54) is 12.8 Å². The van der Waals surface area contributed by atoms with Gasteiger partial charge < -0.3 is 4.90 Å². The van der Waals surface area contributed by atoms with E-state index in [0.717, 1.165) is 36.3 Å². The van der Waals surface area contributed by atoms with Crippen LogP contribution in [0, 0.1) is 19.8 Å². The highest BCUT2D eigenvalue weighted by Gasteiger charge is 2.21. The summed E-state index contributed by atoms with van der Waals surface area (Å²) in [5.41, 5.74) is 2.07. The number of aromatic nitrogens is 2. The molecule has 1 aromatic heterocycles. The van der Waals surface area contributed by atoms with Gasteiger partial charge in [0.1, 0.15) is 0 Å². The summed E-state index contributed by atoms with van der Waals surface area (Å²) in [6.45, 7) is 6.07. The van der Waals surface area contributed by atoms with E-state index in [1.807, 2.05) is 19.9 Å². The molecule has 0 aromatic carbocycles. The minimum Gasteiger partial charge on any atom is -0.340 e. The molecule has 0 saturated carbocycles. The number of hydrogen-bond acceptors (Lipinski definition) is 3. The van der Waals surface area contributed by atoms with Crippen LogP contribution in [-0.4, -0.2) is 28.9 Å². The minimum atomic E-state index is 0.583. The van der Waals surface area contributed by atoms with Gasteiger partial charge in [-0.25, -0.2) is 9.97 Å². The van der Waals surface area contributed by atoms with Gasteiger partial charge in [0.2, 0.25) is 5.95 Å². The van der Waals surface area contributed by atoms with Crippen molar-refractivity contribution in [3.63, 3.8) is 0 Å². The van der Waals surface area contributed by atoms with Crippen LogP contribution >= 0.6 is 11.6 Å². The van der Waals surface area contributed by atoms with Crippen molar-refractivity contribution in [3.05, 3.63) is 17.5 Å². The minimum absolute atomic E-state index is 0.583. The van der Waals surface area contributed by atoms with Crippen molar-refractivity contribution in [1.82, 2.24) is 9.97 Å². The van der Waals surface area contributed by atoms with Crippen molar-refractivity contribution in [3.8, 4) is 0 Å². The molecule has 88 valence electrons. The van der Waals surface area contributed by atoms with E-state index in [2.05, 4.69) is 14.9 Å². The molecule has 1 unspecified atom stereocenters. The molecule has 0 radical (unpaired) electrons. The van der Waals surface area contributed by atoms with E-state index in [4.69, 9.17) is 11.6 Å². The fraction of sp³-hybridized carbons (Fsp3) is 0.667. The zero-order valence-electron chi connectivity index (χ0n) is 9.91. The lowest BCUT2D eigenvalue weighted by Gasteiger charge is -2.32. The van der Waals surface area contributed by atoms with E-state index < -0.39 is 0 Å². The zero-order chi connectivity index (χ0) is 11.5. The maximum absolute atomic E-state index is 5.93. The van der Waals surface area contributed by atoms with Crippen LogP contribution in [0.3, 0.4) is 0 Å². The summed E-state index contributed by atoms with van der Waals surface area (Å²) in [6, 6.07) is 2.01. The zero-order valence-corrected chi connectivity index (χ0v) is 10.7. The Kier molecular flexibility index (Phi) is 3.64. The van der Waals surface area contributed by atoms with E-state index in [1.54, 1.807) is 0 Å². The topological polar surface area (TPSA) is 29.0 Å².